The Bertz CT molecular complexity index is 567. The Kier molecular flexibility index (Phi) is 4.07. The van der Waals surface area contributed by atoms with E-state index < -0.39 is 0 Å². The van der Waals surface area contributed by atoms with Crippen LogP contribution in [0.25, 0.3) is 0 Å². The second kappa shape index (κ2) is 5.94. The molecule has 0 radical (unpaired) electrons. The molecule has 7 nitrogen and oxygen atoms in total. The first kappa shape index (κ1) is 13.0. The maximum absolute atomic E-state index is 11.5. The molecule has 0 saturated heterocycles. The summed E-state index contributed by atoms with van der Waals surface area (Å²) in [6.45, 7) is 0.0452. The number of aromatic nitrogens is 4. The number of carbonyl (C=O) groups excluding carboxylic acids is 1. The van der Waals surface area contributed by atoms with Gasteiger partial charge in [-0.05, 0) is 29.3 Å². The molecular formula is C12H15N5O2. The number of nitrogens with two attached hydrogens (primary N) is 1. The molecule has 1 aromatic carbocycles. The second-order valence-electron chi connectivity index (χ2n) is 4.10. The summed E-state index contributed by atoms with van der Waals surface area (Å²) in [5, 5.41) is 11.3. The third-order valence-electron chi connectivity index (χ3n) is 2.48. The topological polar surface area (TPSA) is 95.9 Å². The molecule has 7 heteroatoms. The van der Waals surface area contributed by atoms with Crippen molar-refractivity contribution >= 4 is 11.7 Å². The van der Waals surface area contributed by atoms with E-state index in [4.69, 9.17) is 10.5 Å². The minimum Gasteiger partial charge on any atom is -0.457 e. The fourth-order valence-electron chi connectivity index (χ4n) is 1.59. The molecule has 0 aliphatic rings. The van der Waals surface area contributed by atoms with E-state index >= 15 is 0 Å². The van der Waals surface area contributed by atoms with Crippen molar-refractivity contribution in [3.8, 4) is 0 Å². The molecule has 1 aromatic heterocycles. The van der Waals surface area contributed by atoms with E-state index in [1.807, 2.05) is 24.3 Å². The summed E-state index contributed by atoms with van der Waals surface area (Å²) in [5.41, 5.74) is 7.36. The molecule has 0 unspecified atom stereocenters. The van der Waals surface area contributed by atoms with Crippen LogP contribution in [0.4, 0.5) is 5.69 Å². The van der Waals surface area contributed by atoms with Crippen LogP contribution in [0.2, 0.25) is 0 Å². The smallest absolute Gasteiger partial charge is 0.306 e. The van der Waals surface area contributed by atoms with Gasteiger partial charge in [-0.1, -0.05) is 12.1 Å². The summed E-state index contributed by atoms with van der Waals surface area (Å²) < 4.78 is 5.04. The van der Waals surface area contributed by atoms with Crippen molar-refractivity contribution in [2.45, 2.75) is 19.4 Å². The molecule has 0 fully saturated rings. The van der Waals surface area contributed by atoms with Crippen molar-refractivity contribution in [1.29, 1.82) is 0 Å². The Morgan fingerprint density at radius 1 is 1.47 bits per heavy atom. The SMILES string of the molecule is Cn1nnc(COC(=O)CCc2cccc(N)c2)n1. The van der Waals surface area contributed by atoms with Gasteiger partial charge in [0.25, 0.3) is 0 Å². The largest absolute Gasteiger partial charge is 0.457 e. The zero-order valence-corrected chi connectivity index (χ0v) is 10.6. The van der Waals surface area contributed by atoms with Crippen LogP contribution >= 0.6 is 0 Å². The van der Waals surface area contributed by atoms with Gasteiger partial charge < -0.3 is 10.5 Å². The summed E-state index contributed by atoms with van der Waals surface area (Å²) in [6.07, 6.45) is 0.890. The lowest BCUT2D eigenvalue weighted by molar-refractivity contribution is -0.145. The molecule has 0 saturated carbocycles. The molecule has 0 aliphatic carbocycles. The third-order valence-corrected chi connectivity index (χ3v) is 2.48. The average Bonchev–Trinajstić information content (AvgIpc) is 2.80. The Balaban J connectivity index is 1.75. The molecular weight excluding hydrogens is 246 g/mol. The van der Waals surface area contributed by atoms with Crippen LogP contribution in [0, 0.1) is 0 Å². The van der Waals surface area contributed by atoms with E-state index in [-0.39, 0.29) is 12.6 Å². The minimum absolute atomic E-state index is 0.0452. The Labute approximate surface area is 110 Å². The van der Waals surface area contributed by atoms with Gasteiger partial charge in [-0.25, -0.2) is 0 Å². The van der Waals surface area contributed by atoms with Gasteiger partial charge in [0.05, 0.1) is 7.05 Å². The van der Waals surface area contributed by atoms with Crippen molar-refractivity contribution in [1.82, 2.24) is 20.2 Å². The molecule has 19 heavy (non-hydrogen) atoms. The number of carbonyl (C=O) groups is 1. The van der Waals surface area contributed by atoms with Gasteiger partial charge in [0, 0.05) is 12.1 Å². The summed E-state index contributed by atoms with van der Waals surface area (Å²) in [4.78, 5) is 12.9. The van der Waals surface area contributed by atoms with Gasteiger partial charge in [0.15, 0.2) is 6.61 Å². The normalized spacial score (nSPS) is 10.4. The van der Waals surface area contributed by atoms with Crippen LogP contribution < -0.4 is 5.73 Å². The van der Waals surface area contributed by atoms with Crippen LogP contribution in [-0.4, -0.2) is 26.2 Å². The number of esters is 1. The van der Waals surface area contributed by atoms with Crippen LogP contribution in [-0.2, 0) is 29.6 Å². The van der Waals surface area contributed by atoms with Crippen LogP contribution in [0.5, 0.6) is 0 Å². The molecule has 0 amide bonds. The maximum atomic E-state index is 11.5. The highest BCUT2D eigenvalue weighted by Gasteiger charge is 2.07. The first-order valence-electron chi connectivity index (χ1n) is 5.86. The highest BCUT2D eigenvalue weighted by Crippen LogP contribution is 2.09. The number of hydrogen-bond acceptors (Lipinski definition) is 6. The lowest BCUT2D eigenvalue weighted by Gasteiger charge is -2.03. The van der Waals surface area contributed by atoms with Gasteiger partial charge in [0.2, 0.25) is 5.82 Å². The molecule has 2 rings (SSSR count). The lowest BCUT2D eigenvalue weighted by atomic mass is 10.1. The number of nitrogens with zero attached hydrogens (tertiary/aromatic N) is 4. The van der Waals surface area contributed by atoms with E-state index in [1.54, 1.807) is 7.05 Å². The molecule has 2 N–H and O–H groups in total. The van der Waals surface area contributed by atoms with E-state index in [9.17, 15) is 4.79 Å². The Hall–Kier alpha value is -2.44. The third kappa shape index (κ3) is 4.06. The predicted molar refractivity (Wildman–Crippen MR) is 67.8 cm³/mol. The van der Waals surface area contributed by atoms with E-state index in [2.05, 4.69) is 15.4 Å². The summed E-state index contributed by atoms with van der Waals surface area (Å²) >= 11 is 0. The van der Waals surface area contributed by atoms with E-state index in [1.165, 1.54) is 4.80 Å². The highest BCUT2D eigenvalue weighted by atomic mass is 16.5. The first-order chi connectivity index (χ1) is 9.13. The molecule has 100 valence electrons. The average molecular weight is 261 g/mol. The summed E-state index contributed by atoms with van der Waals surface area (Å²) in [6, 6.07) is 7.44. The quantitative estimate of drug-likeness (QED) is 0.620. The fraction of sp³-hybridized carbons (Fsp3) is 0.333. The van der Waals surface area contributed by atoms with Crippen LogP contribution in [0.15, 0.2) is 24.3 Å². The maximum Gasteiger partial charge on any atom is 0.306 e. The van der Waals surface area contributed by atoms with Crippen LogP contribution in [0.1, 0.15) is 17.8 Å². The van der Waals surface area contributed by atoms with Crippen molar-refractivity contribution in [2.75, 3.05) is 5.73 Å². The zero-order valence-electron chi connectivity index (χ0n) is 10.6. The van der Waals surface area contributed by atoms with Gasteiger partial charge >= 0.3 is 5.97 Å². The van der Waals surface area contributed by atoms with Gasteiger partial charge in [-0.2, -0.15) is 4.80 Å². The molecule has 2 aromatic rings. The molecule has 1 heterocycles. The fourth-order valence-corrected chi connectivity index (χ4v) is 1.59. The van der Waals surface area contributed by atoms with E-state index in [0.717, 1.165) is 5.56 Å². The number of ether oxygens (including phenoxy) is 1. The molecule has 0 atom stereocenters. The molecule has 0 aliphatic heterocycles. The number of benzene rings is 1. The monoisotopic (exact) mass is 261 g/mol. The number of anilines is 1. The molecule has 0 bridgehead atoms. The Morgan fingerprint density at radius 2 is 2.32 bits per heavy atom. The van der Waals surface area contributed by atoms with Gasteiger partial charge in [-0.15, -0.1) is 10.2 Å². The number of hydrogen-bond donors (Lipinski definition) is 1. The van der Waals surface area contributed by atoms with Crippen molar-refractivity contribution in [3.63, 3.8) is 0 Å². The summed E-state index contributed by atoms with van der Waals surface area (Å²) in [5.74, 6) is 0.0923. The number of tetrazole rings is 1. The second-order valence-corrected chi connectivity index (χ2v) is 4.10. The van der Waals surface area contributed by atoms with Crippen molar-refractivity contribution in [3.05, 3.63) is 35.7 Å². The number of rotatable bonds is 5. The van der Waals surface area contributed by atoms with Crippen molar-refractivity contribution in [2.24, 2.45) is 7.05 Å². The van der Waals surface area contributed by atoms with E-state index in [0.29, 0.717) is 24.4 Å². The number of aryl methyl sites for hydroxylation is 2. The standard InChI is InChI=1S/C12H15N5O2/c1-17-15-11(14-16-17)8-19-12(18)6-5-9-3-2-4-10(13)7-9/h2-4,7H,5-6,8,13H2,1H3. The lowest BCUT2D eigenvalue weighted by Crippen LogP contribution is -2.07. The first-order valence-corrected chi connectivity index (χ1v) is 5.86. The summed E-state index contributed by atoms with van der Waals surface area (Å²) in [7, 11) is 1.65. The minimum atomic E-state index is -0.296. The number of nitrogen functional groups attached to an aromatic ring is 1. The Morgan fingerprint density at radius 3 is 3.00 bits per heavy atom. The van der Waals surface area contributed by atoms with Gasteiger partial charge in [0.1, 0.15) is 0 Å². The van der Waals surface area contributed by atoms with Gasteiger partial charge in [-0.3, -0.25) is 4.79 Å². The van der Waals surface area contributed by atoms with Crippen LogP contribution in [0.3, 0.4) is 0 Å². The van der Waals surface area contributed by atoms with Crippen molar-refractivity contribution < 1.29 is 9.53 Å². The zero-order chi connectivity index (χ0) is 13.7. The predicted octanol–water partition coefficient (Wildman–Crippen LogP) is 0.468. The highest BCUT2D eigenvalue weighted by molar-refractivity contribution is 5.69. The molecule has 0 spiro atoms.